The van der Waals surface area contributed by atoms with E-state index < -0.39 is 8.07 Å². The lowest BCUT2D eigenvalue weighted by Crippen LogP contribution is -2.76. The van der Waals surface area contributed by atoms with Gasteiger partial charge in [0.25, 0.3) is 0 Å². The molecule has 9 aromatic carbocycles. The first-order valence-corrected chi connectivity index (χ1v) is 21.9. The average molecular weight is 757 g/mol. The largest absolute Gasteiger partial charge is 0.458 e. The quantitative estimate of drug-likeness (QED) is 0.160. The lowest BCUT2D eigenvalue weighted by Gasteiger charge is -2.39. The molecule has 1 aliphatic rings. The van der Waals surface area contributed by atoms with Gasteiger partial charge in [-0.25, -0.2) is 0 Å². The van der Waals surface area contributed by atoms with Crippen molar-refractivity contribution in [1.82, 2.24) is 9.13 Å². The van der Waals surface area contributed by atoms with Crippen LogP contribution in [0, 0.1) is 0 Å². The lowest BCUT2D eigenvalue weighted by atomic mass is 10.0. The maximum Gasteiger partial charge on any atom is 0.188 e. The SMILES string of the molecule is c1ccc(-c2ccccc2-n2c3ccccc3c3ccc(-n4c5ccccc5c5ccc([Si]6(c7ccccc7)c7ccccc7Oc7ccccc76)cc54)cc32)cc1. The summed E-state index contributed by atoms with van der Waals surface area (Å²) in [5.41, 5.74) is 9.42. The first kappa shape index (κ1) is 32.8. The van der Waals surface area contributed by atoms with E-state index >= 15 is 0 Å². The van der Waals surface area contributed by atoms with Crippen molar-refractivity contribution in [3.8, 4) is 34.0 Å². The van der Waals surface area contributed by atoms with Crippen LogP contribution in [0.3, 0.4) is 0 Å². The normalized spacial score (nSPS) is 13.1. The van der Waals surface area contributed by atoms with Crippen molar-refractivity contribution in [3.63, 3.8) is 0 Å². The maximum absolute atomic E-state index is 6.68. The van der Waals surface area contributed by atoms with E-state index in [2.05, 4.69) is 228 Å². The van der Waals surface area contributed by atoms with Gasteiger partial charge in [-0.15, -0.1) is 0 Å². The highest BCUT2D eigenvalue weighted by atomic mass is 28.3. The molecular weight excluding hydrogens is 721 g/mol. The van der Waals surface area contributed by atoms with Gasteiger partial charge in [0.2, 0.25) is 0 Å². The minimum atomic E-state index is -2.87. The molecule has 0 N–H and O–H groups in total. The highest BCUT2D eigenvalue weighted by Gasteiger charge is 2.48. The van der Waals surface area contributed by atoms with Crippen LogP contribution in [0.15, 0.2) is 218 Å². The highest BCUT2D eigenvalue weighted by Crippen LogP contribution is 2.39. The fraction of sp³-hybridized carbons (Fsp3) is 0. The van der Waals surface area contributed by atoms with E-state index in [1.54, 1.807) is 0 Å². The van der Waals surface area contributed by atoms with Crippen LogP contribution in [0.2, 0.25) is 0 Å². The van der Waals surface area contributed by atoms with Gasteiger partial charge < -0.3 is 13.9 Å². The van der Waals surface area contributed by atoms with Gasteiger partial charge in [-0.1, -0.05) is 170 Å². The second-order valence-corrected chi connectivity index (χ2v) is 19.0. The summed E-state index contributed by atoms with van der Waals surface area (Å²) in [4.78, 5) is 0. The molecular formula is C54H36N2OSi. The molecule has 0 aliphatic carbocycles. The van der Waals surface area contributed by atoms with E-state index in [0.717, 1.165) is 22.9 Å². The molecule has 4 heteroatoms. The molecule has 272 valence electrons. The number of nitrogens with zero attached hydrogens (tertiary/aromatic N) is 2. The zero-order valence-corrected chi connectivity index (χ0v) is 32.6. The third-order valence-electron chi connectivity index (χ3n) is 12.3. The Balaban J connectivity index is 1.16. The van der Waals surface area contributed by atoms with Gasteiger partial charge >= 0.3 is 0 Å². The Bertz CT molecular complexity index is 3330. The van der Waals surface area contributed by atoms with Crippen molar-refractivity contribution in [2.75, 3.05) is 0 Å². The number of aromatic nitrogens is 2. The summed E-state index contributed by atoms with van der Waals surface area (Å²) in [5.74, 6) is 1.87. The molecule has 1 aliphatic heterocycles. The van der Waals surface area contributed by atoms with E-state index in [9.17, 15) is 0 Å². The topological polar surface area (TPSA) is 19.1 Å². The van der Waals surface area contributed by atoms with Crippen LogP contribution in [-0.2, 0) is 0 Å². The van der Waals surface area contributed by atoms with Gasteiger partial charge in [0.1, 0.15) is 11.5 Å². The lowest BCUT2D eigenvalue weighted by molar-refractivity contribution is 0.487. The predicted molar refractivity (Wildman–Crippen MR) is 244 cm³/mol. The van der Waals surface area contributed by atoms with Gasteiger partial charge in [0.05, 0.1) is 27.8 Å². The minimum absolute atomic E-state index is 0.937. The van der Waals surface area contributed by atoms with Gasteiger partial charge in [-0.05, 0) is 74.8 Å². The number of fused-ring (bicyclic) bond motifs is 8. The van der Waals surface area contributed by atoms with Gasteiger partial charge in [0, 0.05) is 32.8 Å². The molecule has 0 amide bonds. The Kier molecular flexibility index (Phi) is 7.25. The van der Waals surface area contributed by atoms with Crippen LogP contribution in [0.4, 0.5) is 0 Å². The number of ether oxygens (including phenoxy) is 1. The fourth-order valence-corrected chi connectivity index (χ4v) is 14.8. The Morgan fingerprint density at radius 3 is 1.57 bits per heavy atom. The first-order valence-electron chi connectivity index (χ1n) is 19.9. The minimum Gasteiger partial charge on any atom is -0.458 e. The molecule has 0 radical (unpaired) electrons. The third-order valence-corrected chi connectivity index (χ3v) is 17.1. The Morgan fingerprint density at radius 2 is 0.862 bits per heavy atom. The number of rotatable bonds is 5. The van der Waals surface area contributed by atoms with Crippen molar-refractivity contribution in [1.29, 1.82) is 0 Å². The van der Waals surface area contributed by atoms with Crippen molar-refractivity contribution in [2.45, 2.75) is 0 Å². The van der Waals surface area contributed by atoms with E-state index in [1.807, 2.05) is 0 Å². The van der Waals surface area contributed by atoms with Crippen LogP contribution in [0.5, 0.6) is 11.5 Å². The molecule has 2 aromatic heterocycles. The summed E-state index contributed by atoms with van der Waals surface area (Å²) in [6.07, 6.45) is 0. The monoisotopic (exact) mass is 756 g/mol. The van der Waals surface area contributed by atoms with Crippen molar-refractivity contribution in [3.05, 3.63) is 218 Å². The van der Waals surface area contributed by atoms with Crippen LogP contribution >= 0.6 is 0 Å². The molecule has 0 fully saturated rings. The molecule has 0 unspecified atom stereocenters. The van der Waals surface area contributed by atoms with Gasteiger partial charge in [0.15, 0.2) is 8.07 Å². The molecule has 12 rings (SSSR count). The maximum atomic E-state index is 6.68. The second kappa shape index (κ2) is 12.8. The summed E-state index contributed by atoms with van der Waals surface area (Å²) >= 11 is 0. The molecule has 3 heterocycles. The van der Waals surface area contributed by atoms with E-state index in [0.29, 0.717) is 0 Å². The molecule has 0 bridgehead atoms. The Hall–Kier alpha value is -7.40. The van der Waals surface area contributed by atoms with E-state index in [-0.39, 0.29) is 0 Å². The number of benzene rings is 9. The standard InChI is InChI=1S/C54H36N2OSi/c1-3-17-37(18-4-1)41-21-7-10-24-46(41)56-48-26-12-9-23-43(48)44-33-31-38(35-49(44)56)55-47-25-11-8-22-42(47)45-34-32-40(36-50(45)55)58(39-19-5-2-6-20-39)53-29-15-13-27-51(53)57-52-28-14-16-30-54(52)58/h1-36H. The molecule has 58 heavy (non-hydrogen) atoms. The second-order valence-electron chi connectivity index (χ2n) is 15.2. The van der Waals surface area contributed by atoms with E-state index in [4.69, 9.17) is 4.74 Å². The molecule has 0 spiro atoms. The molecule has 11 aromatic rings. The summed E-state index contributed by atoms with van der Waals surface area (Å²) < 4.78 is 11.6. The summed E-state index contributed by atoms with van der Waals surface area (Å²) in [6.45, 7) is 0. The van der Waals surface area contributed by atoms with Crippen LogP contribution in [-0.4, -0.2) is 17.2 Å². The average Bonchev–Trinajstić information content (AvgIpc) is 3.81. The highest BCUT2D eigenvalue weighted by molar-refractivity contribution is 7.20. The Labute approximate surface area is 337 Å². The summed E-state index contributed by atoms with van der Waals surface area (Å²) in [5, 5.41) is 10.1. The predicted octanol–water partition coefficient (Wildman–Crippen LogP) is 11.0. The van der Waals surface area contributed by atoms with Crippen LogP contribution in [0.25, 0.3) is 66.1 Å². The number of para-hydroxylation sites is 5. The van der Waals surface area contributed by atoms with Gasteiger partial charge in [-0.2, -0.15) is 0 Å². The smallest absolute Gasteiger partial charge is 0.188 e. The fourth-order valence-electron chi connectivity index (χ4n) is 9.84. The summed E-state index contributed by atoms with van der Waals surface area (Å²) in [7, 11) is -2.87. The summed E-state index contributed by atoms with van der Waals surface area (Å²) in [6, 6.07) is 80.0. The number of hydrogen-bond acceptors (Lipinski definition) is 1. The van der Waals surface area contributed by atoms with Crippen molar-refractivity contribution < 1.29 is 4.74 Å². The zero-order valence-electron chi connectivity index (χ0n) is 31.6. The molecule has 0 saturated carbocycles. The molecule has 0 atom stereocenters. The van der Waals surface area contributed by atoms with Crippen LogP contribution < -0.4 is 25.5 Å². The third kappa shape index (κ3) is 4.67. The molecule has 0 saturated heterocycles. The van der Waals surface area contributed by atoms with Crippen molar-refractivity contribution >= 4 is 72.4 Å². The number of hydrogen-bond donors (Lipinski definition) is 0. The zero-order chi connectivity index (χ0) is 38.2. The van der Waals surface area contributed by atoms with Crippen LogP contribution in [0.1, 0.15) is 0 Å². The van der Waals surface area contributed by atoms with Gasteiger partial charge in [-0.3, -0.25) is 0 Å². The van der Waals surface area contributed by atoms with E-state index in [1.165, 1.54) is 75.5 Å². The Morgan fingerprint density at radius 1 is 0.345 bits per heavy atom. The van der Waals surface area contributed by atoms with Crippen molar-refractivity contribution in [2.24, 2.45) is 0 Å². The molecule has 3 nitrogen and oxygen atoms in total. The first-order chi connectivity index (χ1) is 28.8.